The van der Waals surface area contributed by atoms with E-state index >= 15 is 0 Å². The first kappa shape index (κ1) is 17.5. The summed E-state index contributed by atoms with van der Waals surface area (Å²) in [6, 6.07) is 10.4. The quantitative estimate of drug-likeness (QED) is 0.622. The minimum Gasteiger partial charge on any atom is -0.504 e. The number of benzene rings is 2. The molecule has 1 saturated heterocycles. The Bertz CT molecular complexity index is 1010. The molecule has 3 rings (SSSR count). The van der Waals surface area contributed by atoms with Crippen molar-refractivity contribution in [2.45, 2.75) is 4.90 Å². The lowest BCUT2D eigenvalue weighted by Gasteiger charge is -2.12. The molecule has 0 bridgehead atoms. The van der Waals surface area contributed by atoms with Crippen LogP contribution in [0.5, 0.6) is 11.5 Å². The van der Waals surface area contributed by atoms with E-state index in [2.05, 4.69) is 5.32 Å². The summed E-state index contributed by atoms with van der Waals surface area (Å²) < 4.78 is 30.3. The minimum atomic E-state index is -4.32. The summed E-state index contributed by atoms with van der Waals surface area (Å²) in [6.45, 7) is 0. The predicted molar refractivity (Wildman–Crippen MR) is 91.6 cm³/mol. The second kappa shape index (κ2) is 6.52. The van der Waals surface area contributed by atoms with E-state index in [0.29, 0.717) is 5.56 Å². The number of phenolic OH excluding ortho intramolecular Hbond substituents is 1. The fourth-order valence-electron chi connectivity index (χ4n) is 2.39. The molecule has 0 aromatic heterocycles. The summed E-state index contributed by atoms with van der Waals surface area (Å²) in [7, 11) is -2.95. The smallest absolute Gasteiger partial charge is 0.343 e. The lowest BCUT2D eigenvalue weighted by Crippen LogP contribution is -2.36. The van der Waals surface area contributed by atoms with Crippen LogP contribution in [0.2, 0.25) is 0 Å². The van der Waals surface area contributed by atoms with Crippen LogP contribution in [0.4, 0.5) is 4.79 Å². The van der Waals surface area contributed by atoms with Crippen LogP contribution in [0.25, 0.3) is 6.08 Å². The SMILES string of the molecule is COc1cc(/C=C2\NC(=O)N(S(=O)(=O)c3ccccc3)C2=O)ccc1O. The van der Waals surface area contributed by atoms with Crippen molar-refractivity contribution in [3.63, 3.8) is 0 Å². The number of phenols is 1. The third kappa shape index (κ3) is 3.00. The molecule has 8 nitrogen and oxygen atoms in total. The minimum absolute atomic E-state index is 0.0929. The van der Waals surface area contributed by atoms with Crippen molar-refractivity contribution in [2.24, 2.45) is 0 Å². The largest absolute Gasteiger partial charge is 0.504 e. The molecule has 0 radical (unpaired) electrons. The van der Waals surface area contributed by atoms with Gasteiger partial charge >= 0.3 is 6.03 Å². The maximum Gasteiger partial charge on any atom is 0.343 e. The van der Waals surface area contributed by atoms with Crippen molar-refractivity contribution >= 4 is 28.0 Å². The van der Waals surface area contributed by atoms with Crippen molar-refractivity contribution in [1.82, 2.24) is 9.62 Å². The number of ether oxygens (including phenoxy) is 1. The summed E-state index contributed by atoms with van der Waals surface area (Å²) in [5.74, 6) is -0.916. The molecular formula is C17H14N2O6S. The van der Waals surface area contributed by atoms with Gasteiger partial charge in [0.1, 0.15) is 5.70 Å². The maximum absolute atomic E-state index is 12.6. The number of carbonyl (C=O) groups excluding carboxylic acids is 2. The van der Waals surface area contributed by atoms with Gasteiger partial charge in [0.25, 0.3) is 15.9 Å². The third-order valence-electron chi connectivity index (χ3n) is 3.64. The van der Waals surface area contributed by atoms with E-state index in [1.807, 2.05) is 0 Å². The summed E-state index contributed by atoms with van der Waals surface area (Å²) >= 11 is 0. The van der Waals surface area contributed by atoms with Crippen LogP contribution in [0.3, 0.4) is 0 Å². The van der Waals surface area contributed by atoms with Gasteiger partial charge in [-0.05, 0) is 35.9 Å². The van der Waals surface area contributed by atoms with Gasteiger partial charge in [-0.2, -0.15) is 0 Å². The summed E-state index contributed by atoms with van der Waals surface area (Å²) in [5.41, 5.74) is 0.226. The fourth-order valence-corrected chi connectivity index (χ4v) is 3.68. The average Bonchev–Trinajstić information content (AvgIpc) is 2.91. The molecule has 1 aliphatic heterocycles. The Hall–Kier alpha value is -3.33. The van der Waals surface area contributed by atoms with Gasteiger partial charge in [0, 0.05) is 0 Å². The number of carbonyl (C=O) groups is 2. The van der Waals surface area contributed by atoms with Crippen molar-refractivity contribution in [3.05, 3.63) is 59.8 Å². The predicted octanol–water partition coefficient (Wildman–Crippen LogP) is 1.68. The molecule has 0 atom stereocenters. The van der Waals surface area contributed by atoms with E-state index in [9.17, 15) is 23.1 Å². The Morgan fingerprint density at radius 2 is 1.81 bits per heavy atom. The fraction of sp³-hybridized carbons (Fsp3) is 0.0588. The maximum atomic E-state index is 12.6. The number of hydrogen-bond donors (Lipinski definition) is 2. The molecule has 134 valence electrons. The van der Waals surface area contributed by atoms with Crippen LogP contribution in [-0.2, 0) is 14.8 Å². The normalized spacial score (nSPS) is 16.0. The van der Waals surface area contributed by atoms with E-state index in [4.69, 9.17) is 4.74 Å². The molecule has 1 heterocycles. The monoisotopic (exact) mass is 374 g/mol. The number of nitrogens with zero attached hydrogens (tertiary/aromatic N) is 1. The van der Waals surface area contributed by atoms with Gasteiger partial charge in [-0.15, -0.1) is 4.31 Å². The van der Waals surface area contributed by atoms with Gasteiger partial charge in [-0.3, -0.25) is 4.79 Å². The molecule has 1 aliphatic rings. The summed E-state index contributed by atoms with van der Waals surface area (Å²) in [6.07, 6.45) is 1.29. The summed E-state index contributed by atoms with van der Waals surface area (Å²) in [4.78, 5) is 24.4. The van der Waals surface area contributed by atoms with E-state index in [-0.39, 0.29) is 26.4 Å². The Morgan fingerprint density at radius 3 is 2.46 bits per heavy atom. The van der Waals surface area contributed by atoms with Crippen molar-refractivity contribution in [1.29, 1.82) is 0 Å². The summed E-state index contributed by atoms with van der Waals surface area (Å²) in [5, 5.41) is 11.8. The number of amides is 3. The average molecular weight is 374 g/mol. The second-order valence-electron chi connectivity index (χ2n) is 5.31. The zero-order valence-corrected chi connectivity index (χ0v) is 14.4. The molecule has 2 N–H and O–H groups in total. The standard InChI is InChI=1S/C17H14N2O6S/c1-25-15-10-11(7-8-14(15)20)9-13-16(21)19(17(22)18-13)26(23,24)12-5-3-2-4-6-12/h2-10,20H,1H3,(H,18,22)/b13-9-. The van der Waals surface area contributed by atoms with Gasteiger partial charge in [0.05, 0.1) is 12.0 Å². The van der Waals surface area contributed by atoms with Gasteiger partial charge in [-0.1, -0.05) is 24.3 Å². The number of urea groups is 1. The molecular weight excluding hydrogens is 360 g/mol. The van der Waals surface area contributed by atoms with Crippen LogP contribution in [-0.4, -0.2) is 36.9 Å². The lowest BCUT2D eigenvalue weighted by atomic mass is 10.1. The first-order valence-corrected chi connectivity index (χ1v) is 8.83. The van der Waals surface area contributed by atoms with E-state index in [0.717, 1.165) is 0 Å². The topological polar surface area (TPSA) is 113 Å². The van der Waals surface area contributed by atoms with Crippen molar-refractivity contribution in [2.75, 3.05) is 7.11 Å². The molecule has 26 heavy (non-hydrogen) atoms. The number of sulfonamides is 1. The highest BCUT2D eigenvalue weighted by molar-refractivity contribution is 7.90. The first-order valence-electron chi connectivity index (χ1n) is 7.39. The molecule has 2 aromatic carbocycles. The molecule has 2 aromatic rings. The van der Waals surface area contributed by atoms with Gasteiger partial charge in [0.15, 0.2) is 11.5 Å². The molecule has 0 unspecified atom stereocenters. The number of aromatic hydroxyl groups is 1. The van der Waals surface area contributed by atoms with Crippen LogP contribution in [0.1, 0.15) is 5.56 Å². The molecule has 1 fully saturated rings. The van der Waals surface area contributed by atoms with Crippen LogP contribution >= 0.6 is 0 Å². The third-order valence-corrected chi connectivity index (χ3v) is 5.32. The number of hydrogen-bond acceptors (Lipinski definition) is 6. The van der Waals surface area contributed by atoms with Crippen LogP contribution in [0.15, 0.2) is 59.1 Å². The van der Waals surface area contributed by atoms with Crippen molar-refractivity contribution in [3.8, 4) is 11.5 Å². The zero-order valence-electron chi connectivity index (χ0n) is 13.5. The number of nitrogens with one attached hydrogen (secondary N) is 1. The Kier molecular flexibility index (Phi) is 4.39. The highest BCUT2D eigenvalue weighted by Crippen LogP contribution is 2.28. The van der Waals surface area contributed by atoms with E-state index in [1.165, 1.54) is 55.7 Å². The molecule has 3 amide bonds. The number of methoxy groups -OCH3 is 1. The zero-order chi connectivity index (χ0) is 18.9. The van der Waals surface area contributed by atoms with Crippen LogP contribution < -0.4 is 10.1 Å². The van der Waals surface area contributed by atoms with Gasteiger partial charge in [-0.25, -0.2) is 13.2 Å². The van der Waals surface area contributed by atoms with Crippen molar-refractivity contribution < 1.29 is 27.9 Å². The Labute approximate surface area is 149 Å². The van der Waals surface area contributed by atoms with Gasteiger partial charge < -0.3 is 15.2 Å². The molecule has 0 saturated carbocycles. The molecule has 9 heteroatoms. The van der Waals surface area contributed by atoms with E-state index in [1.54, 1.807) is 6.07 Å². The van der Waals surface area contributed by atoms with E-state index < -0.39 is 22.0 Å². The Balaban J connectivity index is 1.97. The first-order chi connectivity index (χ1) is 12.3. The molecule has 0 aliphatic carbocycles. The number of imide groups is 1. The Morgan fingerprint density at radius 1 is 1.12 bits per heavy atom. The molecule has 0 spiro atoms. The van der Waals surface area contributed by atoms with Crippen LogP contribution in [0, 0.1) is 0 Å². The van der Waals surface area contributed by atoms with Gasteiger partial charge in [0.2, 0.25) is 0 Å². The highest BCUT2D eigenvalue weighted by Gasteiger charge is 2.43. The second-order valence-corrected chi connectivity index (χ2v) is 7.09. The number of rotatable bonds is 4. The highest BCUT2D eigenvalue weighted by atomic mass is 32.2. The lowest BCUT2D eigenvalue weighted by molar-refractivity contribution is -0.119.